The maximum Gasteiger partial charge on any atom is 0.275 e. The van der Waals surface area contributed by atoms with Crippen LogP contribution in [-0.4, -0.2) is 47.6 Å². The Hall–Kier alpha value is -3.43. The minimum Gasteiger partial charge on any atom is -0.508 e. The molecule has 2 aromatic carbocycles. The zero-order valence-electron chi connectivity index (χ0n) is 20.0. The molecular formula is C26H33N3O6. The SMILES string of the molecule is CC(C)CCNC(=O)[C@@H](CCc1ccc(O)cc1)NC(=O)[C@H]1O[C@H]1C(=O)NOCc1ccccc1. The first-order chi connectivity index (χ1) is 16.8. The van der Waals surface area contributed by atoms with Gasteiger partial charge in [-0.05, 0) is 48.4 Å². The molecule has 3 atom stereocenters. The molecule has 1 aliphatic heterocycles. The number of amides is 3. The molecule has 4 N–H and O–H groups in total. The predicted octanol–water partition coefficient (Wildman–Crippen LogP) is 1.99. The van der Waals surface area contributed by atoms with Crippen molar-refractivity contribution in [2.24, 2.45) is 5.92 Å². The highest BCUT2D eigenvalue weighted by Gasteiger charge is 2.51. The summed E-state index contributed by atoms with van der Waals surface area (Å²) >= 11 is 0. The summed E-state index contributed by atoms with van der Waals surface area (Å²) in [5, 5.41) is 15.0. The lowest BCUT2D eigenvalue weighted by molar-refractivity contribution is -0.136. The van der Waals surface area contributed by atoms with Crippen LogP contribution in [0.3, 0.4) is 0 Å². The fourth-order valence-electron chi connectivity index (χ4n) is 3.44. The summed E-state index contributed by atoms with van der Waals surface area (Å²) in [6, 6.07) is 15.2. The molecule has 1 aliphatic rings. The van der Waals surface area contributed by atoms with Crippen molar-refractivity contribution in [2.75, 3.05) is 6.54 Å². The number of benzene rings is 2. The number of hydrogen-bond acceptors (Lipinski definition) is 6. The van der Waals surface area contributed by atoms with Gasteiger partial charge in [-0.1, -0.05) is 56.3 Å². The molecule has 9 heteroatoms. The van der Waals surface area contributed by atoms with Gasteiger partial charge in [0, 0.05) is 6.54 Å². The van der Waals surface area contributed by atoms with Crippen molar-refractivity contribution in [3.63, 3.8) is 0 Å². The van der Waals surface area contributed by atoms with Crippen LogP contribution in [0, 0.1) is 5.92 Å². The third-order valence-corrected chi connectivity index (χ3v) is 5.57. The minimum absolute atomic E-state index is 0.160. The van der Waals surface area contributed by atoms with Crippen LogP contribution in [0.1, 0.15) is 37.8 Å². The van der Waals surface area contributed by atoms with Gasteiger partial charge in [-0.2, -0.15) is 0 Å². The lowest BCUT2D eigenvalue weighted by atomic mass is 10.0. The highest BCUT2D eigenvalue weighted by molar-refractivity contribution is 5.96. The quantitative estimate of drug-likeness (QED) is 0.255. The second-order valence-corrected chi connectivity index (χ2v) is 8.96. The monoisotopic (exact) mass is 483 g/mol. The van der Waals surface area contributed by atoms with Crippen LogP contribution in [0.4, 0.5) is 0 Å². The fraction of sp³-hybridized carbons (Fsp3) is 0.423. The molecule has 0 bridgehead atoms. The van der Waals surface area contributed by atoms with Gasteiger partial charge < -0.3 is 20.5 Å². The topological polar surface area (TPSA) is 129 Å². The van der Waals surface area contributed by atoms with Crippen molar-refractivity contribution < 1.29 is 29.1 Å². The molecular weight excluding hydrogens is 450 g/mol. The molecule has 0 unspecified atom stereocenters. The Kier molecular flexibility index (Phi) is 9.63. The molecule has 0 aromatic heterocycles. The number of aryl methyl sites for hydroxylation is 1. The predicted molar refractivity (Wildman–Crippen MR) is 129 cm³/mol. The number of hydroxylamine groups is 1. The number of carbonyl (C=O) groups excluding carboxylic acids is 3. The van der Waals surface area contributed by atoms with Crippen molar-refractivity contribution in [1.29, 1.82) is 0 Å². The normalized spacial score (nSPS) is 17.5. The molecule has 1 saturated heterocycles. The van der Waals surface area contributed by atoms with E-state index in [1.807, 2.05) is 30.3 Å². The Bertz CT molecular complexity index is 980. The third kappa shape index (κ3) is 8.70. The zero-order chi connectivity index (χ0) is 25.2. The minimum atomic E-state index is -0.977. The molecule has 0 radical (unpaired) electrons. The van der Waals surface area contributed by atoms with E-state index in [1.165, 1.54) is 0 Å². The van der Waals surface area contributed by atoms with Gasteiger partial charge in [0.15, 0.2) is 12.2 Å². The number of nitrogens with one attached hydrogen (secondary N) is 3. The zero-order valence-corrected chi connectivity index (χ0v) is 20.0. The van der Waals surface area contributed by atoms with E-state index in [0.717, 1.165) is 17.5 Å². The van der Waals surface area contributed by atoms with Crippen molar-refractivity contribution in [3.8, 4) is 5.75 Å². The summed E-state index contributed by atoms with van der Waals surface area (Å²) in [4.78, 5) is 42.9. The third-order valence-electron chi connectivity index (χ3n) is 5.57. The summed E-state index contributed by atoms with van der Waals surface area (Å²) in [6.45, 7) is 4.82. The smallest absolute Gasteiger partial charge is 0.275 e. The number of phenols is 1. The number of aromatic hydroxyl groups is 1. The maximum absolute atomic E-state index is 12.8. The van der Waals surface area contributed by atoms with Gasteiger partial charge in [-0.3, -0.25) is 19.2 Å². The second-order valence-electron chi connectivity index (χ2n) is 8.96. The summed E-state index contributed by atoms with van der Waals surface area (Å²) in [5.74, 6) is -0.770. The summed E-state index contributed by atoms with van der Waals surface area (Å²) in [5.41, 5.74) is 4.11. The first-order valence-corrected chi connectivity index (χ1v) is 11.8. The van der Waals surface area contributed by atoms with Crippen LogP contribution < -0.4 is 16.1 Å². The maximum atomic E-state index is 12.8. The Balaban J connectivity index is 1.49. The van der Waals surface area contributed by atoms with Gasteiger partial charge in [0.25, 0.3) is 11.8 Å². The molecule has 0 saturated carbocycles. The van der Waals surface area contributed by atoms with Crippen molar-refractivity contribution in [1.82, 2.24) is 16.1 Å². The Morgan fingerprint density at radius 1 is 0.943 bits per heavy atom. The second kappa shape index (κ2) is 12.9. The Morgan fingerprint density at radius 3 is 2.31 bits per heavy atom. The van der Waals surface area contributed by atoms with Gasteiger partial charge in [0.05, 0.1) is 6.61 Å². The van der Waals surface area contributed by atoms with Crippen LogP contribution >= 0.6 is 0 Å². The molecule has 0 aliphatic carbocycles. The number of ether oxygens (including phenoxy) is 1. The van der Waals surface area contributed by atoms with Gasteiger partial charge in [0.1, 0.15) is 11.8 Å². The van der Waals surface area contributed by atoms with Gasteiger partial charge in [0.2, 0.25) is 5.91 Å². The number of rotatable bonds is 13. The molecule has 9 nitrogen and oxygen atoms in total. The Labute approximate surface area is 205 Å². The molecule has 0 spiro atoms. The Morgan fingerprint density at radius 2 is 1.63 bits per heavy atom. The van der Waals surface area contributed by atoms with Gasteiger partial charge in [-0.15, -0.1) is 0 Å². The molecule has 188 valence electrons. The van der Waals surface area contributed by atoms with Crippen LogP contribution in [0.15, 0.2) is 54.6 Å². The van der Waals surface area contributed by atoms with E-state index < -0.39 is 30.1 Å². The van der Waals surface area contributed by atoms with Crippen molar-refractivity contribution in [3.05, 3.63) is 65.7 Å². The standard InChI is InChI=1S/C26H33N3O6/c1-17(2)14-15-27-24(31)21(13-10-18-8-11-20(30)12-9-18)28-25(32)22-23(35-22)26(33)29-34-16-19-6-4-3-5-7-19/h3-9,11-12,17,21-23,30H,10,13-16H2,1-2H3,(H,27,31)(H,28,32)(H,29,33)/t21-,22+,23-/m1/s1. The largest absolute Gasteiger partial charge is 0.508 e. The average molecular weight is 484 g/mol. The molecule has 3 rings (SSSR count). The summed E-state index contributed by atoms with van der Waals surface area (Å²) in [7, 11) is 0. The molecule has 1 fully saturated rings. The van der Waals surface area contributed by atoms with E-state index in [1.54, 1.807) is 24.3 Å². The molecule has 2 aromatic rings. The summed E-state index contributed by atoms with van der Waals surface area (Å²) < 4.78 is 5.25. The molecule has 35 heavy (non-hydrogen) atoms. The lowest BCUT2D eigenvalue weighted by Crippen LogP contribution is -2.49. The van der Waals surface area contributed by atoms with Gasteiger partial charge >= 0.3 is 0 Å². The van der Waals surface area contributed by atoms with Crippen molar-refractivity contribution >= 4 is 17.7 Å². The van der Waals surface area contributed by atoms with Crippen LogP contribution in [0.25, 0.3) is 0 Å². The van der Waals surface area contributed by atoms with Crippen molar-refractivity contribution in [2.45, 2.75) is 58.0 Å². The van der Waals surface area contributed by atoms with E-state index >= 15 is 0 Å². The summed E-state index contributed by atoms with van der Waals surface area (Å²) in [6.07, 6.45) is -0.247. The number of phenolic OH excluding ortho intramolecular Hbond substituents is 1. The van der Waals surface area contributed by atoms with E-state index in [9.17, 15) is 19.5 Å². The molecule has 1 heterocycles. The highest BCUT2D eigenvalue weighted by atomic mass is 16.7. The van der Waals surface area contributed by atoms with Gasteiger partial charge in [-0.25, -0.2) is 5.48 Å². The van der Waals surface area contributed by atoms with E-state index in [0.29, 0.717) is 25.3 Å². The van der Waals surface area contributed by atoms with E-state index in [4.69, 9.17) is 9.57 Å². The first kappa shape index (κ1) is 26.2. The van der Waals surface area contributed by atoms with E-state index in [-0.39, 0.29) is 18.3 Å². The van der Waals surface area contributed by atoms with Crippen LogP contribution in [0.2, 0.25) is 0 Å². The molecule has 3 amide bonds. The van der Waals surface area contributed by atoms with Crippen LogP contribution in [0.5, 0.6) is 5.75 Å². The lowest BCUT2D eigenvalue weighted by Gasteiger charge is -2.18. The first-order valence-electron chi connectivity index (χ1n) is 11.8. The average Bonchev–Trinajstić information content (AvgIpc) is 3.64. The highest BCUT2D eigenvalue weighted by Crippen LogP contribution is 2.23. The number of carbonyl (C=O) groups is 3. The van der Waals surface area contributed by atoms with Crippen LogP contribution in [-0.2, 0) is 37.0 Å². The van der Waals surface area contributed by atoms with E-state index in [2.05, 4.69) is 30.0 Å². The number of epoxide rings is 1. The number of hydrogen-bond donors (Lipinski definition) is 4. The fourth-order valence-corrected chi connectivity index (χ4v) is 3.44.